The van der Waals surface area contributed by atoms with E-state index in [0.717, 1.165) is 28.1 Å². The summed E-state index contributed by atoms with van der Waals surface area (Å²) in [5.74, 6) is -0.359. The molecule has 4 rings (SSSR count). The number of carbonyl (C=O) groups excluding carboxylic acids is 1. The van der Waals surface area contributed by atoms with Crippen LogP contribution in [0.2, 0.25) is 0 Å². The summed E-state index contributed by atoms with van der Waals surface area (Å²) in [5, 5.41) is 8.66. The molecule has 4 aromatic rings. The second kappa shape index (κ2) is 8.79. The van der Waals surface area contributed by atoms with Gasteiger partial charge in [-0.05, 0) is 44.5 Å². The third kappa shape index (κ3) is 4.78. The number of nitrogens with one attached hydrogen (secondary N) is 1. The second-order valence-corrected chi connectivity index (χ2v) is 7.64. The maximum absolute atomic E-state index is 12.7. The van der Waals surface area contributed by atoms with Crippen LogP contribution in [0.5, 0.6) is 0 Å². The molecule has 0 atom stereocenters. The Hall–Kier alpha value is -3.99. The summed E-state index contributed by atoms with van der Waals surface area (Å²) in [4.78, 5) is 12.7. The van der Waals surface area contributed by atoms with Gasteiger partial charge in [0.25, 0.3) is 5.91 Å². The number of benzene rings is 3. The maximum Gasteiger partial charge on any atom is 0.291 e. The Morgan fingerprint density at radius 2 is 1.39 bits per heavy atom. The summed E-state index contributed by atoms with van der Waals surface area (Å²) < 4.78 is 1.79. The van der Waals surface area contributed by atoms with Crippen LogP contribution in [0.1, 0.15) is 32.7 Å². The minimum absolute atomic E-state index is 0.303. The third-order valence-electron chi connectivity index (χ3n) is 5.02. The molecule has 1 aromatic heterocycles. The molecule has 0 fully saturated rings. The number of hydrazone groups is 1. The highest BCUT2D eigenvalue weighted by Gasteiger charge is 2.16. The van der Waals surface area contributed by atoms with Crippen LogP contribution in [-0.2, 0) is 0 Å². The van der Waals surface area contributed by atoms with Crippen molar-refractivity contribution in [1.29, 1.82) is 0 Å². The van der Waals surface area contributed by atoms with Crippen molar-refractivity contribution in [2.24, 2.45) is 5.10 Å². The van der Waals surface area contributed by atoms with E-state index in [4.69, 9.17) is 0 Å². The van der Waals surface area contributed by atoms with Crippen LogP contribution in [0.25, 0.3) is 16.9 Å². The summed E-state index contributed by atoms with van der Waals surface area (Å²) in [6, 6.07) is 25.9. The van der Waals surface area contributed by atoms with E-state index in [-0.39, 0.29) is 5.91 Å². The van der Waals surface area contributed by atoms with Crippen LogP contribution in [-0.4, -0.2) is 21.9 Å². The number of rotatable bonds is 5. The Kier molecular flexibility index (Phi) is 5.76. The van der Waals surface area contributed by atoms with Gasteiger partial charge in [-0.25, -0.2) is 10.1 Å². The molecule has 0 saturated carbocycles. The van der Waals surface area contributed by atoms with Gasteiger partial charge in [-0.15, -0.1) is 0 Å². The molecule has 0 radical (unpaired) electrons. The smallest absolute Gasteiger partial charge is 0.265 e. The quantitative estimate of drug-likeness (QED) is 0.363. The first kappa shape index (κ1) is 20.3. The Bertz CT molecular complexity index is 1160. The zero-order valence-corrected chi connectivity index (χ0v) is 17.8. The molecule has 31 heavy (non-hydrogen) atoms. The molecule has 0 aliphatic heterocycles. The van der Waals surface area contributed by atoms with E-state index < -0.39 is 0 Å². The molecule has 3 aromatic carbocycles. The van der Waals surface area contributed by atoms with Crippen molar-refractivity contribution in [2.75, 3.05) is 0 Å². The predicted octanol–water partition coefficient (Wildman–Crippen LogP) is 5.23. The predicted molar refractivity (Wildman–Crippen MR) is 125 cm³/mol. The zero-order chi connectivity index (χ0) is 21.8. The average molecular weight is 409 g/mol. The van der Waals surface area contributed by atoms with Gasteiger partial charge in [0.1, 0.15) is 0 Å². The minimum atomic E-state index is -0.359. The molecule has 1 heterocycles. The summed E-state index contributed by atoms with van der Waals surface area (Å²) in [6.45, 7) is 6.11. The number of aryl methyl sites for hydroxylation is 3. The van der Waals surface area contributed by atoms with Crippen LogP contribution >= 0.6 is 0 Å². The molecule has 0 aliphatic rings. The number of aromatic nitrogens is 2. The van der Waals surface area contributed by atoms with Gasteiger partial charge in [0, 0.05) is 5.56 Å². The van der Waals surface area contributed by atoms with Crippen molar-refractivity contribution in [3.05, 3.63) is 107 Å². The zero-order valence-electron chi connectivity index (χ0n) is 17.8. The van der Waals surface area contributed by atoms with E-state index in [1.807, 2.05) is 93.6 Å². The Labute approximate surface area is 182 Å². The van der Waals surface area contributed by atoms with Crippen molar-refractivity contribution >= 4 is 12.1 Å². The second-order valence-electron chi connectivity index (χ2n) is 7.64. The van der Waals surface area contributed by atoms with E-state index in [1.165, 1.54) is 11.1 Å². The van der Waals surface area contributed by atoms with Crippen LogP contribution < -0.4 is 5.43 Å². The first-order chi connectivity index (χ1) is 15.0. The topological polar surface area (TPSA) is 59.3 Å². The van der Waals surface area contributed by atoms with Gasteiger partial charge >= 0.3 is 0 Å². The highest BCUT2D eigenvalue weighted by atomic mass is 16.2. The van der Waals surface area contributed by atoms with Crippen LogP contribution in [0.15, 0.2) is 84.0 Å². The van der Waals surface area contributed by atoms with Crippen LogP contribution in [0.3, 0.4) is 0 Å². The molecule has 1 N–H and O–H groups in total. The largest absolute Gasteiger partial charge is 0.291 e. The molecule has 0 unspecified atom stereocenters. The van der Waals surface area contributed by atoms with Crippen LogP contribution in [0.4, 0.5) is 0 Å². The SMILES string of the molecule is Cc1ccc(/C=N\NC(=O)c2cc(-c3ccc(C)cc3)n(-c3ccc(C)cc3)n2)cc1. The lowest BCUT2D eigenvalue weighted by Gasteiger charge is -2.08. The molecule has 154 valence electrons. The molecule has 5 heteroatoms. The number of carbonyl (C=O) groups is 1. The lowest BCUT2D eigenvalue weighted by molar-refractivity contribution is 0.0949. The Balaban J connectivity index is 1.63. The molecule has 0 bridgehead atoms. The number of nitrogens with zero attached hydrogens (tertiary/aromatic N) is 3. The number of hydrogen-bond acceptors (Lipinski definition) is 3. The van der Waals surface area contributed by atoms with Gasteiger partial charge in [-0.3, -0.25) is 4.79 Å². The first-order valence-corrected chi connectivity index (χ1v) is 10.1. The summed E-state index contributed by atoms with van der Waals surface area (Å²) in [6.07, 6.45) is 1.62. The van der Waals surface area contributed by atoms with Gasteiger partial charge in [0.2, 0.25) is 0 Å². The van der Waals surface area contributed by atoms with Crippen molar-refractivity contribution < 1.29 is 4.79 Å². The standard InChI is InChI=1S/C26H24N4O/c1-18-4-10-21(11-5-18)17-27-28-26(31)24-16-25(22-12-6-19(2)7-13-22)30(29-24)23-14-8-20(3)9-15-23/h4-17H,1-3H3,(H,28,31)/b27-17-. The molecular weight excluding hydrogens is 384 g/mol. The number of amides is 1. The van der Waals surface area contributed by atoms with Crippen LogP contribution in [0, 0.1) is 20.8 Å². The Morgan fingerprint density at radius 1 is 0.839 bits per heavy atom. The average Bonchev–Trinajstić information content (AvgIpc) is 3.22. The fraction of sp³-hybridized carbons (Fsp3) is 0.115. The Morgan fingerprint density at radius 3 is 2.00 bits per heavy atom. The monoisotopic (exact) mass is 408 g/mol. The van der Waals surface area contributed by atoms with E-state index in [9.17, 15) is 4.79 Å². The highest BCUT2D eigenvalue weighted by molar-refractivity contribution is 5.94. The van der Waals surface area contributed by atoms with Crippen molar-refractivity contribution in [2.45, 2.75) is 20.8 Å². The summed E-state index contributed by atoms with van der Waals surface area (Å²) in [5.41, 5.74) is 10.0. The van der Waals surface area contributed by atoms with E-state index >= 15 is 0 Å². The number of hydrogen-bond donors (Lipinski definition) is 1. The molecule has 0 saturated heterocycles. The van der Waals surface area contributed by atoms with Gasteiger partial charge in [-0.1, -0.05) is 77.4 Å². The van der Waals surface area contributed by atoms with Gasteiger partial charge in [-0.2, -0.15) is 10.2 Å². The van der Waals surface area contributed by atoms with Crippen molar-refractivity contribution in [3.63, 3.8) is 0 Å². The van der Waals surface area contributed by atoms with E-state index in [0.29, 0.717) is 5.69 Å². The van der Waals surface area contributed by atoms with Gasteiger partial charge in [0.05, 0.1) is 17.6 Å². The summed E-state index contributed by atoms with van der Waals surface area (Å²) in [7, 11) is 0. The molecule has 0 aliphatic carbocycles. The van der Waals surface area contributed by atoms with E-state index in [1.54, 1.807) is 17.0 Å². The molecule has 0 spiro atoms. The highest BCUT2D eigenvalue weighted by Crippen LogP contribution is 2.25. The molecular formula is C26H24N4O. The summed E-state index contributed by atoms with van der Waals surface area (Å²) >= 11 is 0. The third-order valence-corrected chi connectivity index (χ3v) is 5.02. The van der Waals surface area contributed by atoms with Crippen molar-refractivity contribution in [1.82, 2.24) is 15.2 Å². The molecule has 5 nitrogen and oxygen atoms in total. The maximum atomic E-state index is 12.7. The lowest BCUT2D eigenvalue weighted by Crippen LogP contribution is -2.18. The van der Waals surface area contributed by atoms with Gasteiger partial charge in [0.15, 0.2) is 5.69 Å². The minimum Gasteiger partial charge on any atom is -0.265 e. The lowest BCUT2D eigenvalue weighted by atomic mass is 10.1. The molecule has 1 amide bonds. The normalized spacial score (nSPS) is 11.1. The van der Waals surface area contributed by atoms with E-state index in [2.05, 4.69) is 15.6 Å². The fourth-order valence-corrected chi connectivity index (χ4v) is 3.18. The van der Waals surface area contributed by atoms with Crippen molar-refractivity contribution in [3.8, 4) is 16.9 Å². The first-order valence-electron chi connectivity index (χ1n) is 10.1. The van der Waals surface area contributed by atoms with Gasteiger partial charge < -0.3 is 0 Å². The fourth-order valence-electron chi connectivity index (χ4n) is 3.18.